The number of carboxylic acids is 1. The number of carbonyl (C=O) groups is 2. The molecule has 7 heteroatoms. The second kappa shape index (κ2) is 7.14. The van der Waals surface area contributed by atoms with Crippen molar-refractivity contribution in [3.05, 3.63) is 46.2 Å². The Balaban J connectivity index is 1.86. The molecule has 0 spiro atoms. The second-order valence-corrected chi connectivity index (χ2v) is 6.18. The molecule has 3 N–H and O–H groups in total. The third-order valence-electron chi connectivity index (χ3n) is 2.58. The average Bonchev–Trinajstić information content (AvgIpc) is 2.94. The normalized spacial score (nSPS) is 10.3. The maximum atomic E-state index is 11.8. The number of benzene rings is 1. The molecule has 0 unspecified atom stereocenters. The summed E-state index contributed by atoms with van der Waals surface area (Å²) in [5.74, 6) is -0.608. The van der Waals surface area contributed by atoms with Crippen LogP contribution in [0.4, 0.5) is 5.69 Å². The third-order valence-corrected chi connectivity index (χ3v) is 4.62. The van der Waals surface area contributed by atoms with Crippen LogP contribution < -0.4 is 5.32 Å². The molecular formula is C14H13NO4S2. The number of carbonyl (C=O) groups excluding carboxylic acids is 1. The summed E-state index contributed by atoms with van der Waals surface area (Å²) in [6, 6.07) is 7.78. The van der Waals surface area contributed by atoms with Crippen molar-refractivity contribution >= 4 is 40.7 Å². The highest BCUT2D eigenvalue weighted by Gasteiger charge is 2.10. The SMILES string of the molecule is O=C(CSCc1cccs1)Nc1ccc(C(=O)O)cc1O. The standard InChI is InChI=1S/C14H13NO4S2/c16-12-6-9(14(18)19)3-4-11(12)15-13(17)8-20-7-10-2-1-5-21-10/h1-6,16H,7-8H2,(H,15,17)(H,18,19). The Bertz CT molecular complexity index is 640. The summed E-state index contributed by atoms with van der Waals surface area (Å²) in [5.41, 5.74) is 0.180. The highest BCUT2D eigenvalue weighted by Crippen LogP contribution is 2.25. The molecule has 21 heavy (non-hydrogen) atoms. The van der Waals surface area contributed by atoms with Crippen molar-refractivity contribution in [2.45, 2.75) is 5.75 Å². The van der Waals surface area contributed by atoms with Crippen molar-refractivity contribution < 1.29 is 19.8 Å². The number of nitrogens with one attached hydrogen (secondary N) is 1. The van der Waals surface area contributed by atoms with Crippen LogP contribution in [0.25, 0.3) is 0 Å². The minimum absolute atomic E-state index is 0.0300. The lowest BCUT2D eigenvalue weighted by molar-refractivity contribution is -0.113. The van der Waals surface area contributed by atoms with Crippen LogP contribution in [-0.4, -0.2) is 27.8 Å². The molecule has 2 rings (SSSR count). The number of rotatable bonds is 6. The zero-order chi connectivity index (χ0) is 15.2. The van der Waals surface area contributed by atoms with Gasteiger partial charge < -0.3 is 15.5 Å². The van der Waals surface area contributed by atoms with Gasteiger partial charge in [-0.1, -0.05) is 6.07 Å². The fraction of sp³-hybridized carbons (Fsp3) is 0.143. The van der Waals surface area contributed by atoms with E-state index < -0.39 is 5.97 Å². The molecule has 0 saturated carbocycles. The van der Waals surface area contributed by atoms with Gasteiger partial charge in [0, 0.05) is 10.6 Å². The van der Waals surface area contributed by atoms with E-state index in [2.05, 4.69) is 5.32 Å². The quantitative estimate of drug-likeness (QED) is 0.711. The highest BCUT2D eigenvalue weighted by atomic mass is 32.2. The van der Waals surface area contributed by atoms with Gasteiger partial charge in [0.15, 0.2) is 0 Å². The first-order valence-electron chi connectivity index (χ1n) is 6.02. The molecule has 0 aliphatic heterocycles. The lowest BCUT2D eigenvalue weighted by Gasteiger charge is -2.07. The monoisotopic (exact) mass is 323 g/mol. The van der Waals surface area contributed by atoms with E-state index in [-0.39, 0.29) is 28.7 Å². The van der Waals surface area contributed by atoms with Crippen LogP contribution in [0.15, 0.2) is 35.7 Å². The number of hydrogen-bond acceptors (Lipinski definition) is 5. The molecular weight excluding hydrogens is 310 g/mol. The summed E-state index contributed by atoms with van der Waals surface area (Å²) < 4.78 is 0. The smallest absolute Gasteiger partial charge is 0.335 e. The van der Waals surface area contributed by atoms with E-state index >= 15 is 0 Å². The van der Waals surface area contributed by atoms with Crippen LogP contribution >= 0.6 is 23.1 Å². The van der Waals surface area contributed by atoms with Gasteiger partial charge in [-0.25, -0.2) is 4.79 Å². The van der Waals surface area contributed by atoms with E-state index in [0.29, 0.717) is 0 Å². The van der Waals surface area contributed by atoms with E-state index in [9.17, 15) is 14.7 Å². The highest BCUT2D eigenvalue weighted by molar-refractivity contribution is 7.99. The van der Waals surface area contributed by atoms with Crippen molar-refractivity contribution in [2.75, 3.05) is 11.1 Å². The molecule has 0 bridgehead atoms. The zero-order valence-corrected chi connectivity index (χ0v) is 12.5. The van der Waals surface area contributed by atoms with Crippen molar-refractivity contribution in [2.24, 2.45) is 0 Å². The fourth-order valence-corrected chi connectivity index (χ4v) is 3.26. The van der Waals surface area contributed by atoms with Crippen molar-refractivity contribution in [1.29, 1.82) is 0 Å². The number of phenolic OH excluding ortho intramolecular Hbond substituents is 1. The minimum Gasteiger partial charge on any atom is -0.506 e. The number of amides is 1. The number of aromatic hydroxyl groups is 1. The number of carboxylic acid groups (broad SMARTS) is 1. The van der Waals surface area contributed by atoms with E-state index in [1.807, 2.05) is 17.5 Å². The zero-order valence-electron chi connectivity index (χ0n) is 10.9. The van der Waals surface area contributed by atoms with Crippen molar-refractivity contribution in [3.8, 4) is 5.75 Å². The summed E-state index contributed by atoms with van der Waals surface area (Å²) in [6.45, 7) is 0. The lowest BCUT2D eigenvalue weighted by Crippen LogP contribution is -2.14. The molecule has 0 aliphatic carbocycles. The number of hydrogen-bond donors (Lipinski definition) is 3. The molecule has 110 valence electrons. The molecule has 1 aromatic carbocycles. The lowest BCUT2D eigenvalue weighted by atomic mass is 10.2. The van der Waals surface area contributed by atoms with Gasteiger partial charge >= 0.3 is 5.97 Å². The van der Waals surface area contributed by atoms with Gasteiger partial charge in [0.25, 0.3) is 0 Å². The Morgan fingerprint density at radius 1 is 1.29 bits per heavy atom. The Labute approximate surface area is 129 Å². The number of anilines is 1. The predicted octanol–water partition coefficient (Wildman–Crippen LogP) is 3.02. The molecule has 0 saturated heterocycles. The Hall–Kier alpha value is -1.99. The topological polar surface area (TPSA) is 86.6 Å². The number of aromatic carboxylic acids is 1. The summed E-state index contributed by atoms with van der Waals surface area (Å²) >= 11 is 3.11. The van der Waals surface area contributed by atoms with Gasteiger partial charge in [0.05, 0.1) is 17.0 Å². The first kappa shape index (κ1) is 15.4. The summed E-state index contributed by atoms with van der Waals surface area (Å²) in [5, 5.41) is 23.0. The van der Waals surface area contributed by atoms with Gasteiger partial charge in [-0.3, -0.25) is 4.79 Å². The summed E-state index contributed by atoms with van der Waals surface area (Å²) in [4.78, 5) is 23.7. The van der Waals surface area contributed by atoms with Crippen LogP contribution in [0.1, 0.15) is 15.2 Å². The van der Waals surface area contributed by atoms with Gasteiger partial charge in [-0.2, -0.15) is 0 Å². The maximum Gasteiger partial charge on any atom is 0.335 e. The number of phenols is 1. The Morgan fingerprint density at radius 2 is 2.10 bits per heavy atom. The van der Waals surface area contributed by atoms with Crippen molar-refractivity contribution in [1.82, 2.24) is 0 Å². The van der Waals surface area contributed by atoms with Crippen LogP contribution in [-0.2, 0) is 10.5 Å². The largest absolute Gasteiger partial charge is 0.506 e. The van der Waals surface area contributed by atoms with Crippen LogP contribution in [0.5, 0.6) is 5.75 Å². The van der Waals surface area contributed by atoms with Crippen LogP contribution in [0.3, 0.4) is 0 Å². The predicted molar refractivity (Wildman–Crippen MR) is 84.2 cm³/mol. The Kier molecular flexibility index (Phi) is 5.24. The second-order valence-electron chi connectivity index (χ2n) is 4.16. The molecule has 1 amide bonds. The first-order chi connectivity index (χ1) is 10.1. The molecule has 0 radical (unpaired) electrons. The molecule has 1 aromatic heterocycles. The molecule has 0 fully saturated rings. The van der Waals surface area contributed by atoms with Gasteiger partial charge in [0.2, 0.25) is 5.91 Å². The van der Waals surface area contributed by atoms with E-state index in [4.69, 9.17) is 5.11 Å². The van der Waals surface area contributed by atoms with Gasteiger partial charge in [-0.15, -0.1) is 23.1 Å². The summed E-state index contributed by atoms with van der Waals surface area (Å²) in [6.07, 6.45) is 0. The Morgan fingerprint density at radius 3 is 2.71 bits per heavy atom. The first-order valence-corrected chi connectivity index (χ1v) is 8.06. The van der Waals surface area contributed by atoms with Gasteiger partial charge in [0.1, 0.15) is 5.75 Å². The van der Waals surface area contributed by atoms with Crippen LogP contribution in [0, 0.1) is 0 Å². The van der Waals surface area contributed by atoms with E-state index in [0.717, 1.165) is 11.8 Å². The van der Waals surface area contributed by atoms with E-state index in [1.54, 1.807) is 11.3 Å². The van der Waals surface area contributed by atoms with Crippen LogP contribution in [0.2, 0.25) is 0 Å². The summed E-state index contributed by atoms with van der Waals surface area (Å²) in [7, 11) is 0. The minimum atomic E-state index is -1.13. The molecule has 2 aromatic rings. The average molecular weight is 323 g/mol. The van der Waals surface area contributed by atoms with E-state index in [1.165, 1.54) is 28.8 Å². The molecule has 0 atom stereocenters. The van der Waals surface area contributed by atoms with Crippen molar-refractivity contribution in [3.63, 3.8) is 0 Å². The molecule has 0 aliphatic rings. The number of thiophene rings is 1. The number of thioether (sulfide) groups is 1. The maximum absolute atomic E-state index is 11.8. The molecule has 5 nitrogen and oxygen atoms in total. The molecule has 1 heterocycles. The third kappa shape index (κ3) is 4.51. The fourth-order valence-electron chi connectivity index (χ4n) is 1.60. The van der Waals surface area contributed by atoms with Gasteiger partial charge in [-0.05, 0) is 29.6 Å².